The zero-order valence-corrected chi connectivity index (χ0v) is 22.7. The normalized spacial score (nSPS) is 12.2. The van der Waals surface area contributed by atoms with Gasteiger partial charge in [0, 0.05) is 30.4 Å². The number of amides is 1. The number of pyridine rings is 1. The fraction of sp³-hybridized carbons (Fsp3) is 0.231. The van der Waals surface area contributed by atoms with Crippen LogP contribution in [0.3, 0.4) is 0 Å². The van der Waals surface area contributed by atoms with Crippen LogP contribution >= 0.6 is 11.6 Å². The van der Waals surface area contributed by atoms with Gasteiger partial charge in [0.05, 0.1) is 35.2 Å². The summed E-state index contributed by atoms with van der Waals surface area (Å²) in [6.07, 6.45) is 2.94. The molecule has 2 heterocycles. The van der Waals surface area contributed by atoms with Crippen LogP contribution in [0, 0.1) is 12.8 Å². The van der Waals surface area contributed by atoms with Crippen molar-refractivity contribution in [2.24, 2.45) is 5.92 Å². The Balaban J connectivity index is 1.73. The standard InChI is InChI=1S/C26H26ClN5O5S/c1-15-9-19(6-7-21(15)27)38(35,36)31-23-11-18(12-29-25(23)37-4)17-5-8-22-20(10-17)26(34)32(14-30-22)13-16(2)24(33)28-3/h5-12,14,16,31H,13H2,1-4H3,(H,28,33)/t16-/m0/s1. The summed E-state index contributed by atoms with van der Waals surface area (Å²) in [6.45, 7) is 3.61. The lowest BCUT2D eigenvalue weighted by molar-refractivity contribution is -0.124. The number of aryl methyl sites for hydroxylation is 1. The van der Waals surface area contributed by atoms with Crippen LogP contribution in [0.1, 0.15) is 12.5 Å². The lowest BCUT2D eigenvalue weighted by Gasteiger charge is -2.14. The fourth-order valence-electron chi connectivity index (χ4n) is 3.93. The Morgan fingerprint density at radius 3 is 2.58 bits per heavy atom. The Hall–Kier alpha value is -3.96. The van der Waals surface area contributed by atoms with Gasteiger partial charge in [0.15, 0.2) is 0 Å². The molecule has 10 nitrogen and oxygen atoms in total. The molecule has 0 aliphatic rings. The van der Waals surface area contributed by atoms with Crippen molar-refractivity contribution in [1.29, 1.82) is 0 Å². The number of halogens is 1. The smallest absolute Gasteiger partial charge is 0.262 e. The van der Waals surface area contributed by atoms with Gasteiger partial charge in [-0.05, 0) is 54.4 Å². The van der Waals surface area contributed by atoms with Gasteiger partial charge in [0.1, 0.15) is 5.69 Å². The van der Waals surface area contributed by atoms with E-state index in [2.05, 4.69) is 20.0 Å². The first-order valence-corrected chi connectivity index (χ1v) is 13.4. The van der Waals surface area contributed by atoms with Gasteiger partial charge in [-0.15, -0.1) is 0 Å². The second-order valence-electron chi connectivity index (χ2n) is 8.75. The van der Waals surface area contributed by atoms with Crippen LogP contribution in [-0.4, -0.2) is 43.0 Å². The first kappa shape index (κ1) is 27.1. The van der Waals surface area contributed by atoms with Crippen LogP contribution in [0.25, 0.3) is 22.0 Å². The molecular weight excluding hydrogens is 530 g/mol. The molecule has 0 saturated heterocycles. The van der Waals surface area contributed by atoms with Crippen LogP contribution in [0.5, 0.6) is 5.88 Å². The topological polar surface area (TPSA) is 132 Å². The maximum atomic E-state index is 13.2. The van der Waals surface area contributed by atoms with E-state index >= 15 is 0 Å². The number of nitrogens with one attached hydrogen (secondary N) is 2. The molecule has 2 aromatic heterocycles. The molecule has 1 amide bonds. The van der Waals surface area contributed by atoms with Gasteiger partial charge in [-0.2, -0.15) is 0 Å². The summed E-state index contributed by atoms with van der Waals surface area (Å²) in [5, 5.41) is 3.38. The molecule has 2 aromatic carbocycles. The summed E-state index contributed by atoms with van der Waals surface area (Å²) in [6, 6.07) is 11.1. The third-order valence-corrected chi connectivity index (χ3v) is 7.84. The van der Waals surface area contributed by atoms with Gasteiger partial charge in [0.2, 0.25) is 11.8 Å². The van der Waals surface area contributed by atoms with E-state index in [0.717, 1.165) is 0 Å². The second-order valence-corrected chi connectivity index (χ2v) is 10.8. The number of carbonyl (C=O) groups is 1. The van der Waals surface area contributed by atoms with Crippen molar-refractivity contribution in [3.8, 4) is 17.0 Å². The molecule has 1 atom stereocenters. The minimum Gasteiger partial charge on any atom is -0.480 e. The van der Waals surface area contributed by atoms with Crippen molar-refractivity contribution in [3.05, 3.63) is 75.9 Å². The van der Waals surface area contributed by atoms with Crippen LogP contribution in [0.4, 0.5) is 5.69 Å². The Morgan fingerprint density at radius 2 is 1.89 bits per heavy atom. The lowest BCUT2D eigenvalue weighted by atomic mass is 10.0. The molecule has 0 fully saturated rings. The highest BCUT2D eigenvalue weighted by molar-refractivity contribution is 7.92. The second kappa shape index (κ2) is 10.8. The highest BCUT2D eigenvalue weighted by Gasteiger charge is 2.19. The molecule has 0 aliphatic carbocycles. The number of aromatic nitrogens is 3. The monoisotopic (exact) mass is 555 g/mol. The van der Waals surface area contributed by atoms with E-state index in [1.54, 1.807) is 45.2 Å². The van der Waals surface area contributed by atoms with Gasteiger partial charge in [0.25, 0.3) is 15.6 Å². The van der Waals surface area contributed by atoms with E-state index in [4.69, 9.17) is 16.3 Å². The van der Waals surface area contributed by atoms with E-state index in [1.807, 2.05) is 0 Å². The molecule has 4 aromatic rings. The zero-order chi connectivity index (χ0) is 27.6. The number of fused-ring (bicyclic) bond motifs is 1. The van der Waals surface area contributed by atoms with Crippen LogP contribution in [-0.2, 0) is 21.4 Å². The minimum absolute atomic E-state index is 0.0372. The van der Waals surface area contributed by atoms with Gasteiger partial charge in [-0.3, -0.25) is 18.9 Å². The number of hydrogen-bond donors (Lipinski definition) is 2. The van der Waals surface area contributed by atoms with E-state index in [0.29, 0.717) is 32.6 Å². The van der Waals surface area contributed by atoms with Crippen molar-refractivity contribution in [3.63, 3.8) is 0 Å². The molecule has 0 unspecified atom stereocenters. The van der Waals surface area contributed by atoms with Gasteiger partial charge >= 0.3 is 0 Å². The molecule has 0 spiro atoms. The number of rotatable bonds is 8. The number of hydrogen-bond acceptors (Lipinski definition) is 7. The summed E-state index contributed by atoms with van der Waals surface area (Å²) in [5.74, 6) is -0.527. The number of nitrogens with zero attached hydrogens (tertiary/aromatic N) is 3. The molecule has 0 bridgehead atoms. The molecule has 38 heavy (non-hydrogen) atoms. The van der Waals surface area contributed by atoms with E-state index < -0.39 is 15.9 Å². The molecule has 4 rings (SSSR count). The number of anilines is 1. The molecule has 0 radical (unpaired) electrons. The molecular formula is C26H26ClN5O5S. The molecule has 0 saturated carbocycles. The SMILES string of the molecule is CNC(=O)[C@@H](C)Cn1cnc2ccc(-c3cnc(OC)c(NS(=O)(=O)c4ccc(Cl)c(C)c4)c3)cc2c1=O. The van der Waals surface area contributed by atoms with E-state index in [1.165, 1.54) is 42.4 Å². The Labute approximate surface area is 224 Å². The van der Waals surface area contributed by atoms with E-state index in [9.17, 15) is 18.0 Å². The zero-order valence-electron chi connectivity index (χ0n) is 21.1. The van der Waals surface area contributed by atoms with Crippen molar-refractivity contribution >= 4 is 44.1 Å². The van der Waals surface area contributed by atoms with Gasteiger partial charge in [-0.1, -0.05) is 24.6 Å². The number of carbonyl (C=O) groups excluding carboxylic acids is 1. The number of methoxy groups -OCH3 is 1. The van der Waals surface area contributed by atoms with Crippen molar-refractivity contribution < 1.29 is 17.9 Å². The highest BCUT2D eigenvalue weighted by atomic mass is 35.5. The van der Waals surface area contributed by atoms with Crippen molar-refractivity contribution in [1.82, 2.24) is 19.9 Å². The number of benzene rings is 2. The van der Waals surface area contributed by atoms with Gasteiger partial charge in [-0.25, -0.2) is 18.4 Å². The summed E-state index contributed by atoms with van der Waals surface area (Å²) in [5.41, 5.74) is 2.10. The van der Waals surface area contributed by atoms with Crippen LogP contribution < -0.4 is 20.3 Å². The largest absolute Gasteiger partial charge is 0.480 e. The Kier molecular flexibility index (Phi) is 7.70. The Morgan fingerprint density at radius 1 is 1.13 bits per heavy atom. The third-order valence-electron chi connectivity index (χ3n) is 6.05. The summed E-state index contributed by atoms with van der Waals surface area (Å²) >= 11 is 6.04. The predicted molar refractivity (Wildman–Crippen MR) is 146 cm³/mol. The molecule has 2 N–H and O–H groups in total. The molecule has 12 heteroatoms. The van der Waals surface area contributed by atoms with Crippen molar-refractivity contribution in [2.45, 2.75) is 25.3 Å². The van der Waals surface area contributed by atoms with Gasteiger partial charge < -0.3 is 10.1 Å². The quantitative estimate of drug-likeness (QED) is 0.339. The third kappa shape index (κ3) is 5.48. The van der Waals surface area contributed by atoms with E-state index in [-0.39, 0.29) is 34.5 Å². The highest BCUT2D eigenvalue weighted by Crippen LogP contribution is 2.31. The average Bonchev–Trinajstić information content (AvgIpc) is 2.90. The molecule has 0 aliphatic heterocycles. The maximum Gasteiger partial charge on any atom is 0.262 e. The fourth-order valence-corrected chi connectivity index (χ4v) is 5.18. The summed E-state index contributed by atoms with van der Waals surface area (Å²) in [4.78, 5) is 33.7. The summed E-state index contributed by atoms with van der Waals surface area (Å²) in [7, 11) is -1.05. The van der Waals surface area contributed by atoms with Crippen LogP contribution in [0.2, 0.25) is 5.02 Å². The first-order chi connectivity index (χ1) is 18.0. The molecule has 198 valence electrons. The van der Waals surface area contributed by atoms with Crippen LogP contribution in [0.15, 0.2) is 64.7 Å². The minimum atomic E-state index is -3.98. The van der Waals surface area contributed by atoms with Crippen molar-refractivity contribution in [2.75, 3.05) is 18.9 Å². The summed E-state index contributed by atoms with van der Waals surface area (Å²) < 4.78 is 35.4. The number of sulfonamides is 1. The lowest BCUT2D eigenvalue weighted by Crippen LogP contribution is -2.32. The number of ether oxygens (including phenoxy) is 1. The first-order valence-electron chi connectivity index (χ1n) is 11.6. The maximum absolute atomic E-state index is 13.2. The average molecular weight is 556 g/mol. The predicted octanol–water partition coefficient (Wildman–Crippen LogP) is 3.61. The Bertz CT molecular complexity index is 1700.